The molecule has 0 aliphatic rings. The van der Waals surface area contributed by atoms with Gasteiger partial charge in [-0.25, -0.2) is 4.79 Å². The summed E-state index contributed by atoms with van der Waals surface area (Å²) in [5.74, 6) is -0.571. The molecule has 0 radical (unpaired) electrons. The van der Waals surface area contributed by atoms with E-state index >= 15 is 0 Å². The maximum atomic E-state index is 12.1. The van der Waals surface area contributed by atoms with Gasteiger partial charge in [-0.15, -0.1) is 0 Å². The number of carbonyl (C=O) groups is 1. The van der Waals surface area contributed by atoms with Gasteiger partial charge in [0.25, 0.3) is 5.56 Å². The lowest BCUT2D eigenvalue weighted by Crippen LogP contribution is -2.22. The molecule has 5 heteroatoms. The molecule has 0 aliphatic heterocycles. The van der Waals surface area contributed by atoms with Crippen molar-refractivity contribution in [1.82, 2.24) is 4.57 Å². The lowest BCUT2D eigenvalue weighted by Gasteiger charge is -2.17. The summed E-state index contributed by atoms with van der Waals surface area (Å²) in [4.78, 5) is 23.3. The van der Waals surface area contributed by atoms with Crippen molar-refractivity contribution < 1.29 is 14.6 Å². The molecular formula is C16H19NO4. The van der Waals surface area contributed by atoms with Gasteiger partial charge in [-0.1, -0.05) is 6.92 Å². The van der Waals surface area contributed by atoms with Crippen molar-refractivity contribution in [3.63, 3.8) is 0 Å². The van der Waals surface area contributed by atoms with E-state index in [1.807, 2.05) is 20.8 Å². The summed E-state index contributed by atoms with van der Waals surface area (Å²) < 4.78 is 7.31. The molecule has 1 aromatic heterocycles. The zero-order valence-electron chi connectivity index (χ0n) is 12.4. The van der Waals surface area contributed by atoms with Crippen LogP contribution in [-0.4, -0.2) is 22.2 Å². The first-order chi connectivity index (χ1) is 9.95. The van der Waals surface area contributed by atoms with Gasteiger partial charge in [0.2, 0.25) is 0 Å². The van der Waals surface area contributed by atoms with Crippen molar-refractivity contribution in [2.24, 2.45) is 0 Å². The predicted octanol–water partition coefficient (Wildman–Crippen LogP) is 3.07. The molecule has 0 amide bonds. The van der Waals surface area contributed by atoms with Gasteiger partial charge in [-0.05, 0) is 38.5 Å². The number of fused-ring (bicyclic) bond motifs is 1. The monoisotopic (exact) mass is 289 g/mol. The van der Waals surface area contributed by atoms with Crippen molar-refractivity contribution in [2.75, 3.05) is 6.61 Å². The number of ether oxygens (including phenoxy) is 1. The summed E-state index contributed by atoms with van der Waals surface area (Å²) in [7, 11) is 0. The summed E-state index contributed by atoms with van der Waals surface area (Å²) in [5.41, 5.74) is 0.681. The fourth-order valence-corrected chi connectivity index (χ4v) is 2.32. The number of hydrogen-bond donors (Lipinski definition) is 1. The molecule has 2 rings (SSSR count). The van der Waals surface area contributed by atoms with E-state index in [-0.39, 0.29) is 17.2 Å². The average molecular weight is 289 g/mol. The average Bonchev–Trinajstić information content (AvgIpc) is 2.43. The molecule has 0 fully saturated rings. The number of benzene rings is 1. The van der Waals surface area contributed by atoms with Gasteiger partial charge in [-0.3, -0.25) is 4.79 Å². The lowest BCUT2D eigenvalue weighted by molar-refractivity contribution is 0.0696. The number of rotatable bonds is 5. The zero-order chi connectivity index (χ0) is 15.6. The van der Waals surface area contributed by atoms with E-state index in [1.165, 1.54) is 12.1 Å². The van der Waals surface area contributed by atoms with Crippen molar-refractivity contribution in [1.29, 1.82) is 0 Å². The van der Waals surface area contributed by atoms with Gasteiger partial charge in [-0.2, -0.15) is 0 Å². The minimum absolute atomic E-state index is 0.0409. The first-order valence-electron chi connectivity index (χ1n) is 7.01. The van der Waals surface area contributed by atoms with Crippen molar-refractivity contribution in [3.8, 4) is 5.75 Å². The largest absolute Gasteiger partial charge is 0.491 e. The molecule has 0 aliphatic carbocycles. The second-order valence-corrected chi connectivity index (χ2v) is 5.20. The van der Waals surface area contributed by atoms with Gasteiger partial charge in [0.15, 0.2) is 0 Å². The Balaban J connectivity index is 2.82. The Morgan fingerprint density at radius 1 is 1.33 bits per heavy atom. The molecule has 1 heterocycles. The third kappa shape index (κ3) is 2.91. The SMILES string of the molecule is CCCOc1cc(C(=O)O)cc2ccc(=O)n(C(C)C)c12. The molecule has 1 aromatic carbocycles. The Morgan fingerprint density at radius 2 is 2.05 bits per heavy atom. The molecule has 0 atom stereocenters. The number of carboxylic acid groups (broad SMARTS) is 1. The Kier molecular flexibility index (Phi) is 4.31. The maximum absolute atomic E-state index is 12.1. The molecular weight excluding hydrogens is 270 g/mol. The number of aromatic carboxylic acids is 1. The van der Waals surface area contributed by atoms with E-state index < -0.39 is 5.97 Å². The quantitative estimate of drug-likeness (QED) is 0.918. The highest BCUT2D eigenvalue weighted by Crippen LogP contribution is 2.28. The summed E-state index contributed by atoms with van der Waals surface area (Å²) in [6, 6.07) is 6.10. The molecule has 2 aromatic rings. The summed E-state index contributed by atoms with van der Waals surface area (Å²) in [5, 5.41) is 9.89. The molecule has 5 nitrogen and oxygen atoms in total. The standard InChI is InChI=1S/C16H19NO4/c1-4-7-21-13-9-12(16(19)20)8-11-5-6-14(18)17(10(2)3)15(11)13/h5-6,8-10H,4,7H2,1-3H3,(H,19,20). The Hall–Kier alpha value is -2.30. The van der Waals surface area contributed by atoms with Gasteiger partial charge in [0.05, 0.1) is 17.7 Å². The molecule has 0 unspecified atom stereocenters. The molecule has 112 valence electrons. The third-order valence-corrected chi connectivity index (χ3v) is 3.21. The lowest BCUT2D eigenvalue weighted by atomic mass is 10.1. The van der Waals surface area contributed by atoms with Crippen molar-refractivity contribution in [2.45, 2.75) is 33.2 Å². The molecule has 21 heavy (non-hydrogen) atoms. The van der Waals surface area contributed by atoms with E-state index in [1.54, 1.807) is 16.7 Å². The number of hydrogen-bond acceptors (Lipinski definition) is 3. The van der Waals surface area contributed by atoms with Gasteiger partial charge >= 0.3 is 5.97 Å². The summed E-state index contributed by atoms with van der Waals surface area (Å²) in [6.45, 7) is 6.27. The minimum atomic E-state index is -1.01. The van der Waals surface area contributed by atoms with E-state index in [0.717, 1.165) is 6.42 Å². The highest BCUT2D eigenvalue weighted by molar-refractivity contribution is 5.96. The van der Waals surface area contributed by atoms with E-state index in [9.17, 15) is 14.7 Å². The molecule has 0 saturated carbocycles. The Labute approximate surface area is 122 Å². The van der Waals surface area contributed by atoms with E-state index in [4.69, 9.17) is 4.74 Å². The maximum Gasteiger partial charge on any atom is 0.335 e. The Bertz CT molecular complexity index is 731. The van der Waals surface area contributed by atoms with Crippen LogP contribution in [0.3, 0.4) is 0 Å². The fraction of sp³-hybridized carbons (Fsp3) is 0.375. The highest BCUT2D eigenvalue weighted by Gasteiger charge is 2.15. The zero-order valence-corrected chi connectivity index (χ0v) is 12.4. The predicted molar refractivity (Wildman–Crippen MR) is 81.3 cm³/mol. The topological polar surface area (TPSA) is 68.5 Å². The molecule has 0 saturated heterocycles. The third-order valence-electron chi connectivity index (χ3n) is 3.21. The van der Waals surface area contributed by atoms with Crippen LogP contribution in [0.5, 0.6) is 5.75 Å². The van der Waals surface area contributed by atoms with Crippen molar-refractivity contribution in [3.05, 3.63) is 40.2 Å². The van der Waals surface area contributed by atoms with Crippen LogP contribution in [0.15, 0.2) is 29.1 Å². The van der Waals surface area contributed by atoms with Crippen molar-refractivity contribution >= 4 is 16.9 Å². The number of carboxylic acids is 1. The van der Waals surface area contributed by atoms with Crippen LogP contribution >= 0.6 is 0 Å². The molecule has 0 spiro atoms. The normalized spacial score (nSPS) is 11.0. The van der Waals surface area contributed by atoms with Crippen LogP contribution in [0.1, 0.15) is 43.6 Å². The fourth-order valence-electron chi connectivity index (χ4n) is 2.32. The summed E-state index contributed by atoms with van der Waals surface area (Å²) >= 11 is 0. The molecule has 1 N–H and O–H groups in total. The van der Waals surface area contributed by atoms with Crippen LogP contribution in [0, 0.1) is 0 Å². The van der Waals surface area contributed by atoms with Crippen LogP contribution in [0.25, 0.3) is 10.9 Å². The molecule has 0 bridgehead atoms. The van der Waals surface area contributed by atoms with Crippen LogP contribution < -0.4 is 10.3 Å². The van der Waals surface area contributed by atoms with Crippen LogP contribution in [-0.2, 0) is 0 Å². The number of pyridine rings is 1. The highest BCUT2D eigenvalue weighted by atomic mass is 16.5. The van der Waals surface area contributed by atoms with E-state index in [2.05, 4.69) is 0 Å². The van der Waals surface area contributed by atoms with Gasteiger partial charge in [0.1, 0.15) is 5.75 Å². The van der Waals surface area contributed by atoms with Crippen LogP contribution in [0.2, 0.25) is 0 Å². The minimum Gasteiger partial charge on any atom is -0.491 e. The first-order valence-corrected chi connectivity index (χ1v) is 7.01. The van der Waals surface area contributed by atoms with Crippen LogP contribution in [0.4, 0.5) is 0 Å². The second-order valence-electron chi connectivity index (χ2n) is 5.20. The second kappa shape index (κ2) is 5.99. The number of aromatic nitrogens is 1. The number of nitrogens with zero attached hydrogens (tertiary/aromatic N) is 1. The summed E-state index contributed by atoms with van der Waals surface area (Å²) in [6.07, 6.45) is 0.803. The van der Waals surface area contributed by atoms with Gasteiger partial charge in [0, 0.05) is 17.5 Å². The van der Waals surface area contributed by atoms with E-state index in [0.29, 0.717) is 23.3 Å². The first kappa shape index (κ1) is 15.1. The smallest absolute Gasteiger partial charge is 0.335 e. The van der Waals surface area contributed by atoms with Gasteiger partial charge < -0.3 is 14.4 Å². The Morgan fingerprint density at radius 3 is 2.62 bits per heavy atom.